The van der Waals surface area contributed by atoms with Gasteiger partial charge >= 0.3 is 0 Å². The van der Waals surface area contributed by atoms with E-state index in [0.29, 0.717) is 6.04 Å². The van der Waals surface area contributed by atoms with E-state index in [2.05, 4.69) is 52.4 Å². The van der Waals surface area contributed by atoms with Gasteiger partial charge in [0.25, 0.3) is 0 Å². The van der Waals surface area contributed by atoms with Gasteiger partial charge in [-0.05, 0) is 62.6 Å². The zero-order valence-corrected chi connectivity index (χ0v) is 14.1. The van der Waals surface area contributed by atoms with Crippen LogP contribution in [0.4, 0.5) is 4.39 Å². The third-order valence-corrected chi connectivity index (χ3v) is 4.52. The van der Waals surface area contributed by atoms with Gasteiger partial charge in [-0.25, -0.2) is 4.39 Å². The van der Waals surface area contributed by atoms with Crippen LogP contribution in [-0.2, 0) is 12.8 Å². The Kier molecular flexibility index (Phi) is 5.95. The molecule has 2 aromatic rings. The Morgan fingerprint density at radius 2 is 2.00 bits per heavy atom. The normalized spacial score (nSPS) is 12.4. The lowest BCUT2D eigenvalue weighted by Crippen LogP contribution is -2.28. The highest BCUT2D eigenvalue weighted by atomic mass is 79.9. The fourth-order valence-electron chi connectivity index (χ4n) is 2.52. The minimum Gasteiger partial charge on any atom is -0.317 e. The van der Waals surface area contributed by atoms with E-state index in [4.69, 9.17) is 0 Å². The van der Waals surface area contributed by atoms with Crippen LogP contribution in [0.3, 0.4) is 0 Å². The summed E-state index contributed by atoms with van der Waals surface area (Å²) in [6, 6.07) is 13.8. The Morgan fingerprint density at radius 3 is 2.71 bits per heavy atom. The Hall–Kier alpha value is -1.19. The zero-order valence-electron chi connectivity index (χ0n) is 12.5. The lowest BCUT2D eigenvalue weighted by Gasteiger charge is -2.17. The fourth-order valence-corrected chi connectivity index (χ4v) is 2.93. The van der Waals surface area contributed by atoms with Crippen LogP contribution in [0.2, 0.25) is 0 Å². The first-order chi connectivity index (χ1) is 10.1. The lowest BCUT2D eigenvalue weighted by atomic mass is 9.98. The van der Waals surface area contributed by atoms with Gasteiger partial charge in [-0.2, -0.15) is 0 Å². The highest BCUT2D eigenvalue weighted by Gasteiger charge is 2.11. The van der Waals surface area contributed by atoms with E-state index in [0.717, 1.165) is 29.3 Å². The second-order valence-electron chi connectivity index (χ2n) is 5.45. The number of rotatable bonds is 6. The van der Waals surface area contributed by atoms with Crippen molar-refractivity contribution in [2.75, 3.05) is 7.05 Å². The van der Waals surface area contributed by atoms with Gasteiger partial charge in [-0.1, -0.05) is 45.8 Å². The van der Waals surface area contributed by atoms with Crippen LogP contribution in [0, 0.1) is 12.7 Å². The molecule has 0 aliphatic heterocycles. The highest BCUT2D eigenvalue weighted by Crippen LogP contribution is 2.20. The van der Waals surface area contributed by atoms with Gasteiger partial charge in [0.1, 0.15) is 5.82 Å². The smallest absolute Gasteiger partial charge is 0.123 e. The van der Waals surface area contributed by atoms with E-state index in [1.807, 2.05) is 7.05 Å². The molecule has 0 aliphatic carbocycles. The minimum absolute atomic E-state index is 0.179. The quantitative estimate of drug-likeness (QED) is 0.799. The van der Waals surface area contributed by atoms with Crippen molar-refractivity contribution in [1.82, 2.24) is 5.32 Å². The van der Waals surface area contributed by atoms with Crippen molar-refractivity contribution in [2.24, 2.45) is 0 Å². The van der Waals surface area contributed by atoms with Gasteiger partial charge in [0.05, 0.1) is 0 Å². The average molecular weight is 350 g/mol. The molecule has 2 rings (SSSR count). The van der Waals surface area contributed by atoms with Gasteiger partial charge in [0, 0.05) is 10.5 Å². The topological polar surface area (TPSA) is 12.0 Å². The molecule has 112 valence electrons. The van der Waals surface area contributed by atoms with Crippen molar-refractivity contribution >= 4 is 15.9 Å². The Labute approximate surface area is 134 Å². The molecule has 1 atom stereocenters. The van der Waals surface area contributed by atoms with Crippen molar-refractivity contribution in [3.8, 4) is 0 Å². The van der Waals surface area contributed by atoms with Gasteiger partial charge in [-0.15, -0.1) is 0 Å². The molecule has 0 radical (unpaired) electrons. The molecule has 0 aliphatic rings. The van der Waals surface area contributed by atoms with Gasteiger partial charge in [-0.3, -0.25) is 0 Å². The molecule has 0 bridgehead atoms. The third-order valence-electron chi connectivity index (χ3n) is 3.75. The summed E-state index contributed by atoms with van der Waals surface area (Å²) in [6.07, 6.45) is 2.88. The number of benzene rings is 2. The second kappa shape index (κ2) is 7.71. The summed E-state index contributed by atoms with van der Waals surface area (Å²) < 4.78 is 14.3. The van der Waals surface area contributed by atoms with Crippen molar-refractivity contribution in [3.05, 3.63) is 69.4 Å². The molecule has 0 saturated carbocycles. The summed E-state index contributed by atoms with van der Waals surface area (Å²) in [6.45, 7) is 2.11. The molecule has 0 heterocycles. The highest BCUT2D eigenvalue weighted by molar-refractivity contribution is 9.10. The number of halogens is 2. The van der Waals surface area contributed by atoms with Crippen molar-refractivity contribution < 1.29 is 4.39 Å². The van der Waals surface area contributed by atoms with Crippen LogP contribution in [-0.4, -0.2) is 13.1 Å². The molecule has 0 fully saturated rings. The van der Waals surface area contributed by atoms with Crippen LogP contribution >= 0.6 is 15.9 Å². The van der Waals surface area contributed by atoms with E-state index in [9.17, 15) is 4.39 Å². The number of hydrogen-bond donors (Lipinski definition) is 1. The van der Waals surface area contributed by atoms with Crippen molar-refractivity contribution in [3.63, 3.8) is 0 Å². The Balaban J connectivity index is 1.98. The standard InChI is InChI=1S/C18H21BrFN/c1-13-4-3-5-14(10-13)6-8-17(21-2)12-15-11-16(20)7-9-18(15)19/h3-5,7,9-11,17,21H,6,8,12H2,1-2H3. The first-order valence-electron chi connectivity index (χ1n) is 7.25. The first-order valence-corrected chi connectivity index (χ1v) is 8.04. The Bertz CT molecular complexity index is 598. The maximum atomic E-state index is 13.4. The van der Waals surface area contributed by atoms with Crippen LogP contribution in [0.15, 0.2) is 46.9 Å². The molecular formula is C18H21BrFN. The SMILES string of the molecule is CNC(CCc1cccc(C)c1)Cc1cc(F)ccc1Br. The lowest BCUT2D eigenvalue weighted by molar-refractivity contribution is 0.517. The largest absolute Gasteiger partial charge is 0.317 e. The summed E-state index contributed by atoms with van der Waals surface area (Å²) in [5, 5.41) is 3.34. The molecule has 21 heavy (non-hydrogen) atoms. The van der Waals surface area contributed by atoms with Crippen molar-refractivity contribution in [1.29, 1.82) is 0 Å². The van der Waals surface area contributed by atoms with Crippen LogP contribution in [0.25, 0.3) is 0 Å². The molecule has 3 heteroatoms. The molecule has 0 spiro atoms. The van der Waals surface area contributed by atoms with Gasteiger partial charge in [0.15, 0.2) is 0 Å². The number of nitrogens with one attached hydrogen (secondary N) is 1. The molecular weight excluding hydrogens is 329 g/mol. The molecule has 2 aromatic carbocycles. The second-order valence-corrected chi connectivity index (χ2v) is 6.31. The van der Waals surface area contributed by atoms with E-state index >= 15 is 0 Å². The number of aryl methyl sites for hydroxylation is 2. The van der Waals surface area contributed by atoms with Crippen LogP contribution < -0.4 is 5.32 Å². The van der Waals surface area contributed by atoms with Crippen molar-refractivity contribution in [2.45, 2.75) is 32.2 Å². The first kappa shape index (κ1) is 16.2. The van der Waals surface area contributed by atoms with E-state index < -0.39 is 0 Å². The van der Waals surface area contributed by atoms with E-state index in [1.54, 1.807) is 12.1 Å². The average Bonchev–Trinajstić information content (AvgIpc) is 2.47. The van der Waals surface area contributed by atoms with Gasteiger partial charge < -0.3 is 5.32 Å². The molecule has 0 aromatic heterocycles. The predicted octanol–water partition coefficient (Wildman–Crippen LogP) is 4.66. The summed E-state index contributed by atoms with van der Waals surface area (Å²) >= 11 is 3.50. The summed E-state index contributed by atoms with van der Waals surface area (Å²) in [5.41, 5.74) is 3.66. The zero-order chi connectivity index (χ0) is 15.2. The number of likely N-dealkylation sites (N-methyl/N-ethyl adjacent to an activating group) is 1. The molecule has 0 amide bonds. The van der Waals surface area contributed by atoms with Gasteiger partial charge in [0.2, 0.25) is 0 Å². The fraction of sp³-hybridized carbons (Fsp3) is 0.333. The summed E-state index contributed by atoms with van der Waals surface area (Å²) in [4.78, 5) is 0. The third kappa shape index (κ3) is 4.94. The maximum absolute atomic E-state index is 13.4. The summed E-state index contributed by atoms with van der Waals surface area (Å²) in [7, 11) is 1.97. The molecule has 1 unspecified atom stereocenters. The molecule has 0 saturated heterocycles. The molecule has 1 nitrogen and oxygen atoms in total. The van der Waals surface area contributed by atoms with E-state index in [1.165, 1.54) is 17.2 Å². The molecule has 1 N–H and O–H groups in total. The van der Waals surface area contributed by atoms with E-state index in [-0.39, 0.29) is 5.82 Å². The van der Waals surface area contributed by atoms with Crippen LogP contribution in [0.5, 0.6) is 0 Å². The maximum Gasteiger partial charge on any atom is 0.123 e. The monoisotopic (exact) mass is 349 g/mol. The Morgan fingerprint density at radius 1 is 1.19 bits per heavy atom. The summed E-state index contributed by atoms with van der Waals surface area (Å²) in [5.74, 6) is -0.179. The minimum atomic E-state index is -0.179. The van der Waals surface area contributed by atoms with Crippen LogP contribution in [0.1, 0.15) is 23.1 Å². The predicted molar refractivity (Wildman–Crippen MR) is 90.2 cm³/mol. The number of hydrogen-bond acceptors (Lipinski definition) is 1.